The molecule has 0 aliphatic carbocycles. The van der Waals surface area contributed by atoms with Crippen molar-refractivity contribution in [1.29, 1.82) is 0 Å². The zero-order valence-corrected chi connectivity index (χ0v) is 13.0. The molecule has 0 fully saturated rings. The van der Waals surface area contributed by atoms with Crippen LogP contribution in [0.15, 0.2) is 33.9 Å². The highest BCUT2D eigenvalue weighted by atomic mass is 32.2. The number of benzene rings is 1. The molecule has 0 bridgehead atoms. The summed E-state index contributed by atoms with van der Waals surface area (Å²) in [4.78, 5) is 13.0. The van der Waals surface area contributed by atoms with Gasteiger partial charge in [-0.05, 0) is 31.2 Å². The summed E-state index contributed by atoms with van der Waals surface area (Å²) in [5.41, 5.74) is 0.816. The lowest BCUT2D eigenvalue weighted by Crippen LogP contribution is -2.23. The highest BCUT2D eigenvalue weighted by Gasteiger charge is 2.12. The van der Waals surface area contributed by atoms with Crippen molar-refractivity contribution in [2.75, 3.05) is 26.5 Å². The van der Waals surface area contributed by atoms with Crippen molar-refractivity contribution < 1.29 is 13.9 Å². The number of hydrogen-bond acceptors (Lipinski definition) is 6. The van der Waals surface area contributed by atoms with E-state index in [1.165, 1.54) is 16.7 Å². The fraction of sp³-hybridized carbons (Fsp3) is 0.357. The number of thioether (sulfide) groups is 1. The molecule has 1 aromatic heterocycles. The van der Waals surface area contributed by atoms with Gasteiger partial charge >= 0.3 is 0 Å². The Balaban J connectivity index is 2.00. The second-order valence-corrected chi connectivity index (χ2v) is 5.33. The second kappa shape index (κ2) is 7.12. The maximum absolute atomic E-state index is 11.5. The van der Waals surface area contributed by atoms with Gasteiger partial charge in [0.05, 0.1) is 12.4 Å². The van der Waals surface area contributed by atoms with Crippen LogP contribution >= 0.6 is 11.8 Å². The highest BCUT2D eigenvalue weighted by Crippen LogP contribution is 2.24. The molecule has 6 nitrogen and oxygen atoms in total. The van der Waals surface area contributed by atoms with Gasteiger partial charge in [-0.1, -0.05) is 11.8 Å². The monoisotopic (exact) mass is 307 g/mol. The summed E-state index contributed by atoms with van der Waals surface area (Å²) < 4.78 is 10.9. The Bertz CT molecular complexity index is 596. The van der Waals surface area contributed by atoms with Gasteiger partial charge in [-0.25, -0.2) is 0 Å². The van der Waals surface area contributed by atoms with E-state index in [9.17, 15) is 4.79 Å². The summed E-state index contributed by atoms with van der Waals surface area (Å²) in [7, 11) is 3.42. The van der Waals surface area contributed by atoms with E-state index in [1.807, 2.05) is 31.2 Å². The van der Waals surface area contributed by atoms with Crippen LogP contribution in [-0.4, -0.2) is 47.5 Å². The minimum Gasteiger partial charge on any atom is -0.494 e. The fourth-order valence-electron chi connectivity index (χ4n) is 1.50. The Morgan fingerprint density at radius 1 is 1.29 bits per heavy atom. The van der Waals surface area contributed by atoms with Crippen LogP contribution in [0.1, 0.15) is 6.92 Å². The average Bonchev–Trinajstić information content (AvgIpc) is 2.94. The molecule has 7 heteroatoms. The Kier molecular flexibility index (Phi) is 5.21. The summed E-state index contributed by atoms with van der Waals surface area (Å²) in [6.07, 6.45) is 0. The van der Waals surface area contributed by atoms with Crippen molar-refractivity contribution in [3.8, 4) is 17.2 Å². The molecule has 0 spiro atoms. The summed E-state index contributed by atoms with van der Waals surface area (Å²) in [6, 6.07) is 7.42. The van der Waals surface area contributed by atoms with Gasteiger partial charge in [0, 0.05) is 19.7 Å². The lowest BCUT2D eigenvalue weighted by atomic mass is 10.2. The van der Waals surface area contributed by atoms with E-state index in [1.54, 1.807) is 14.1 Å². The van der Waals surface area contributed by atoms with E-state index in [-0.39, 0.29) is 11.7 Å². The third kappa shape index (κ3) is 4.22. The third-order valence-corrected chi connectivity index (χ3v) is 3.44. The average molecular weight is 307 g/mol. The second-order valence-electron chi connectivity index (χ2n) is 4.41. The smallest absolute Gasteiger partial charge is 0.277 e. The number of amides is 1. The highest BCUT2D eigenvalue weighted by molar-refractivity contribution is 7.99. The third-order valence-electron chi connectivity index (χ3n) is 2.64. The lowest BCUT2D eigenvalue weighted by Gasteiger charge is -2.07. The van der Waals surface area contributed by atoms with Gasteiger partial charge < -0.3 is 14.1 Å². The summed E-state index contributed by atoms with van der Waals surface area (Å²) in [6.45, 7) is 2.56. The maximum Gasteiger partial charge on any atom is 0.277 e. The Morgan fingerprint density at radius 2 is 2.00 bits per heavy atom. The molecule has 0 radical (unpaired) electrons. The van der Waals surface area contributed by atoms with Gasteiger partial charge in [-0.15, -0.1) is 10.2 Å². The molecule has 1 heterocycles. The number of hydrogen-bond donors (Lipinski definition) is 0. The first-order valence-electron chi connectivity index (χ1n) is 6.50. The minimum atomic E-state index is 0.000757. The molecule has 112 valence electrons. The van der Waals surface area contributed by atoms with Gasteiger partial charge in [-0.2, -0.15) is 0 Å². The van der Waals surface area contributed by atoms with E-state index < -0.39 is 0 Å². The van der Waals surface area contributed by atoms with Crippen LogP contribution in [0.25, 0.3) is 11.5 Å². The van der Waals surface area contributed by atoms with E-state index in [0.717, 1.165) is 11.3 Å². The maximum atomic E-state index is 11.5. The molecule has 1 aromatic carbocycles. The molecule has 0 saturated heterocycles. The van der Waals surface area contributed by atoms with Crippen LogP contribution in [0.3, 0.4) is 0 Å². The molecule has 0 aliphatic heterocycles. The molecule has 0 atom stereocenters. The Hall–Kier alpha value is -2.02. The van der Waals surface area contributed by atoms with E-state index in [4.69, 9.17) is 9.15 Å². The van der Waals surface area contributed by atoms with E-state index >= 15 is 0 Å². The van der Waals surface area contributed by atoms with Crippen LogP contribution in [-0.2, 0) is 4.79 Å². The standard InChI is InChI=1S/C14H17N3O3S/c1-4-19-11-7-5-10(6-8-11)13-15-16-14(20-13)21-9-12(18)17(2)3/h5-8H,4,9H2,1-3H3. The van der Waals surface area contributed by atoms with Crippen molar-refractivity contribution in [2.45, 2.75) is 12.1 Å². The summed E-state index contributed by atoms with van der Waals surface area (Å²) in [5.74, 6) is 1.50. The van der Waals surface area contributed by atoms with Gasteiger partial charge in [0.15, 0.2) is 0 Å². The first kappa shape index (κ1) is 15.4. The van der Waals surface area contributed by atoms with Crippen LogP contribution in [0.2, 0.25) is 0 Å². The normalized spacial score (nSPS) is 10.4. The van der Waals surface area contributed by atoms with Gasteiger partial charge in [0.2, 0.25) is 11.8 Å². The molecular formula is C14H17N3O3S. The number of carbonyl (C=O) groups excluding carboxylic acids is 1. The lowest BCUT2D eigenvalue weighted by molar-refractivity contribution is -0.125. The van der Waals surface area contributed by atoms with Gasteiger partial charge in [-0.3, -0.25) is 4.79 Å². The molecule has 0 N–H and O–H groups in total. The van der Waals surface area contributed by atoms with Crippen LogP contribution in [0.5, 0.6) is 5.75 Å². The zero-order valence-electron chi connectivity index (χ0n) is 12.2. The molecular weight excluding hydrogens is 290 g/mol. The molecule has 1 amide bonds. The zero-order chi connectivity index (χ0) is 15.2. The fourth-order valence-corrected chi connectivity index (χ4v) is 2.24. The summed E-state index contributed by atoms with van der Waals surface area (Å²) >= 11 is 1.23. The van der Waals surface area contributed by atoms with Gasteiger partial charge in [0.1, 0.15) is 5.75 Å². The predicted molar refractivity (Wildman–Crippen MR) is 80.3 cm³/mol. The van der Waals surface area contributed by atoms with Crippen molar-refractivity contribution in [3.05, 3.63) is 24.3 Å². The largest absolute Gasteiger partial charge is 0.494 e. The van der Waals surface area contributed by atoms with E-state index in [0.29, 0.717) is 17.7 Å². The molecule has 0 saturated carbocycles. The number of ether oxygens (including phenoxy) is 1. The Labute approximate surface area is 127 Å². The van der Waals surface area contributed by atoms with E-state index in [2.05, 4.69) is 10.2 Å². The number of nitrogens with zero attached hydrogens (tertiary/aromatic N) is 3. The first-order valence-corrected chi connectivity index (χ1v) is 7.48. The quantitative estimate of drug-likeness (QED) is 0.763. The first-order chi connectivity index (χ1) is 10.1. The topological polar surface area (TPSA) is 68.5 Å². The predicted octanol–water partition coefficient (Wildman–Crippen LogP) is 2.32. The SMILES string of the molecule is CCOc1ccc(-c2nnc(SCC(=O)N(C)C)o2)cc1. The molecule has 2 rings (SSSR count). The molecule has 21 heavy (non-hydrogen) atoms. The number of carbonyl (C=O) groups is 1. The summed E-state index contributed by atoms with van der Waals surface area (Å²) in [5, 5.41) is 8.29. The minimum absolute atomic E-state index is 0.000757. The van der Waals surface area contributed by atoms with Crippen molar-refractivity contribution >= 4 is 17.7 Å². The van der Waals surface area contributed by atoms with Crippen LogP contribution in [0.4, 0.5) is 0 Å². The molecule has 2 aromatic rings. The van der Waals surface area contributed by atoms with Crippen molar-refractivity contribution in [1.82, 2.24) is 15.1 Å². The molecule has 0 aliphatic rings. The molecule has 0 unspecified atom stereocenters. The Morgan fingerprint density at radius 3 is 2.62 bits per heavy atom. The van der Waals surface area contributed by atoms with Crippen molar-refractivity contribution in [3.63, 3.8) is 0 Å². The van der Waals surface area contributed by atoms with Crippen LogP contribution < -0.4 is 4.74 Å². The number of aromatic nitrogens is 2. The van der Waals surface area contributed by atoms with Gasteiger partial charge in [0.25, 0.3) is 5.22 Å². The van der Waals surface area contributed by atoms with Crippen LogP contribution in [0, 0.1) is 0 Å². The number of rotatable bonds is 6. The van der Waals surface area contributed by atoms with Crippen molar-refractivity contribution in [2.24, 2.45) is 0 Å².